The third-order valence-corrected chi connectivity index (χ3v) is 11.5. The Morgan fingerprint density at radius 3 is 2.20 bits per heavy atom. The van der Waals surface area contributed by atoms with E-state index in [2.05, 4.69) is 46.7 Å². The summed E-state index contributed by atoms with van der Waals surface area (Å²) in [4.78, 5) is 66.2. The van der Waals surface area contributed by atoms with E-state index in [1.54, 1.807) is 24.3 Å². The molecular weight excluding hydrogens is 780 g/mol. The molecule has 59 heavy (non-hydrogen) atoms. The summed E-state index contributed by atoms with van der Waals surface area (Å²) < 4.78 is 10.5. The number of carboxylic acid groups (broad SMARTS) is 2. The van der Waals surface area contributed by atoms with Crippen LogP contribution in [0.1, 0.15) is 76.0 Å². The highest BCUT2D eigenvalue weighted by Gasteiger charge is 2.43. The summed E-state index contributed by atoms with van der Waals surface area (Å²) in [5.41, 5.74) is 3.06. The SMILES string of the molecule is COc1ccc(CC(NC(=O)C=CCCC(C)C2C(O)CC2c2ccc(CN3CCN(CC(=O)O)CC3)cc2)C(=O)NCC(C)C(=O)OC(CC(C)C)C(=O)O)cc1Cl. The van der Waals surface area contributed by atoms with Crippen LogP contribution in [0.4, 0.5) is 0 Å². The van der Waals surface area contributed by atoms with Crippen molar-refractivity contribution in [2.24, 2.45) is 23.7 Å². The van der Waals surface area contributed by atoms with Crippen molar-refractivity contribution < 1.29 is 48.8 Å². The number of nitrogens with one attached hydrogen (secondary N) is 2. The van der Waals surface area contributed by atoms with Gasteiger partial charge in [-0.1, -0.05) is 75.7 Å². The van der Waals surface area contributed by atoms with Gasteiger partial charge in [-0.25, -0.2) is 4.79 Å². The Labute approximate surface area is 352 Å². The lowest BCUT2D eigenvalue weighted by atomic mass is 9.62. The van der Waals surface area contributed by atoms with Crippen LogP contribution in [0.2, 0.25) is 5.02 Å². The van der Waals surface area contributed by atoms with Gasteiger partial charge in [0.1, 0.15) is 11.8 Å². The van der Waals surface area contributed by atoms with E-state index in [-0.39, 0.29) is 49.6 Å². The highest BCUT2D eigenvalue weighted by Crippen LogP contribution is 2.48. The molecule has 1 heterocycles. The molecule has 4 rings (SSSR count). The minimum atomic E-state index is -1.29. The molecule has 0 bridgehead atoms. The first-order chi connectivity index (χ1) is 28.0. The number of rotatable bonds is 22. The van der Waals surface area contributed by atoms with Gasteiger partial charge in [0, 0.05) is 45.7 Å². The second kappa shape index (κ2) is 22.8. The molecule has 0 spiro atoms. The Morgan fingerprint density at radius 1 is 0.949 bits per heavy atom. The molecule has 0 aromatic heterocycles. The molecule has 7 atom stereocenters. The van der Waals surface area contributed by atoms with Crippen molar-refractivity contribution in [2.45, 2.75) is 90.5 Å². The van der Waals surface area contributed by atoms with Gasteiger partial charge >= 0.3 is 17.9 Å². The van der Waals surface area contributed by atoms with Crippen LogP contribution in [0, 0.1) is 23.7 Å². The number of carbonyl (C=O) groups excluding carboxylic acids is 3. The summed E-state index contributed by atoms with van der Waals surface area (Å²) in [5, 5.41) is 35.1. The molecule has 7 unspecified atom stereocenters. The van der Waals surface area contributed by atoms with Gasteiger partial charge in [-0.15, -0.1) is 0 Å². The largest absolute Gasteiger partial charge is 0.495 e. The van der Waals surface area contributed by atoms with E-state index in [9.17, 15) is 34.2 Å². The van der Waals surface area contributed by atoms with Crippen molar-refractivity contribution >= 4 is 41.3 Å². The number of aliphatic carboxylic acids is 2. The lowest BCUT2D eigenvalue weighted by molar-refractivity contribution is -0.167. The van der Waals surface area contributed by atoms with Crippen molar-refractivity contribution in [1.29, 1.82) is 0 Å². The fourth-order valence-electron chi connectivity index (χ4n) is 7.79. The van der Waals surface area contributed by atoms with Crippen molar-refractivity contribution in [1.82, 2.24) is 20.4 Å². The fourth-order valence-corrected chi connectivity index (χ4v) is 8.07. The minimum absolute atomic E-state index is 0.00938. The van der Waals surface area contributed by atoms with Crippen molar-refractivity contribution in [2.75, 3.05) is 46.4 Å². The molecule has 15 heteroatoms. The van der Waals surface area contributed by atoms with Gasteiger partial charge in [-0.3, -0.25) is 29.0 Å². The number of aliphatic hydroxyl groups excluding tert-OH is 1. The summed E-state index contributed by atoms with van der Waals surface area (Å²) in [5.74, 6) is -3.72. The van der Waals surface area contributed by atoms with Gasteiger partial charge in [-0.05, 0) is 84.3 Å². The topological polar surface area (TPSA) is 195 Å². The van der Waals surface area contributed by atoms with Gasteiger partial charge in [0.25, 0.3) is 0 Å². The maximum Gasteiger partial charge on any atom is 0.345 e. The van der Waals surface area contributed by atoms with Gasteiger partial charge in [0.05, 0.1) is 30.7 Å². The van der Waals surface area contributed by atoms with Gasteiger partial charge in [0.15, 0.2) is 6.10 Å². The summed E-state index contributed by atoms with van der Waals surface area (Å²) in [6.07, 6.45) is 3.73. The zero-order chi connectivity index (χ0) is 43.2. The molecule has 2 amide bonds. The number of hydrogen-bond acceptors (Lipinski definition) is 10. The smallest absolute Gasteiger partial charge is 0.345 e. The molecule has 14 nitrogen and oxygen atoms in total. The third kappa shape index (κ3) is 14.6. The fraction of sp³-hybridized carbons (Fsp3) is 0.568. The average Bonchev–Trinajstić information content (AvgIpc) is 3.17. The first-order valence-corrected chi connectivity index (χ1v) is 20.9. The molecule has 5 N–H and O–H groups in total. The van der Waals surface area contributed by atoms with Crippen LogP contribution in [-0.2, 0) is 41.7 Å². The molecule has 2 aliphatic rings. The van der Waals surface area contributed by atoms with Crippen LogP contribution in [-0.4, -0.2) is 119 Å². The first-order valence-electron chi connectivity index (χ1n) is 20.5. The molecule has 2 fully saturated rings. The van der Waals surface area contributed by atoms with E-state index in [4.69, 9.17) is 26.2 Å². The van der Waals surface area contributed by atoms with Crippen molar-refractivity contribution in [3.8, 4) is 5.75 Å². The van der Waals surface area contributed by atoms with E-state index in [1.165, 1.54) is 31.2 Å². The molecule has 2 aromatic rings. The summed E-state index contributed by atoms with van der Waals surface area (Å²) in [6, 6.07) is 12.6. The van der Waals surface area contributed by atoms with Crippen LogP contribution < -0.4 is 15.4 Å². The number of aliphatic hydroxyl groups is 1. The minimum Gasteiger partial charge on any atom is -0.495 e. The normalized spacial score (nSPS) is 20.6. The number of hydrogen-bond donors (Lipinski definition) is 5. The van der Waals surface area contributed by atoms with Crippen molar-refractivity contribution in [3.05, 3.63) is 76.3 Å². The number of benzene rings is 2. The summed E-state index contributed by atoms with van der Waals surface area (Å²) in [6.45, 7) is 11.2. The van der Waals surface area contributed by atoms with E-state index < -0.39 is 53.9 Å². The highest BCUT2D eigenvalue weighted by molar-refractivity contribution is 6.32. The van der Waals surface area contributed by atoms with Gasteiger partial charge in [-0.2, -0.15) is 0 Å². The highest BCUT2D eigenvalue weighted by atomic mass is 35.5. The quantitative estimate of drug-likeness (QED) is 0.0824. The molecular formula is C44H61ClN4O10. The zero-order valence-corrected chi connectivity index (χ0v) is 35.5. The standard InChI is InChI=1S/C44H61ClN4O10/c1-27(2)20-38(43(55)56)59-44(57)29(4)24-46-42(54)35(22-31-12-15-37(58-5)34(45)21-31)47-39(51)9-7-6-8-28(3)41-33(23-36(41)50)32-13-10-30(11-14-32)25-48-16-18-49(19-17-48)26-40(52)53/h7,9-15,21,27-29,33,35-36,38,41,50H,6,8,16-20,22-26H2,1-5H3,(H,46,54)(H,47,51)(H,52,53)(H,55,56). The number of amides is 2. The second-order valence-electron chi connectivity index (χ2n) is 16.4. The third-order valence-electron chi connectivity index (χ3n) is 11.3. The zero-order valence-electron chi connectivity index (χ0n) is 34.8. The number of halogens is 1. The average molecular weight is 841 g/mol. The van der Waals surface area contributed by atoms with Gasteiger partial charge < -0.3 is 35.4 Å². The number of methoxy groups -OCH3 is 1. The second-order valence-corrected chi connectivity index (χ2v) is 16.8. The number of allylic oxidation sites excluding steroid dienone is 1. The molecule has 2 aromatic carbocycles. The number of nitrogens with zero attached hydrogens (tertiary/aromatic N) is 2. The Hall–Kier alpha value is -4.50. The van der Waals surface area contributed by atoms with Crippen LogP contribution >= 0.6 is 11.6 Å². The van der Waals surface area contributed by atoms with E-state index in [0.29, 0.717) is 29.2 Å². The van der Waals surface area contributed by atoms with Crippen LogP contribution in [0.5, 0.6) is 5.75 Å². The lowest BCUT2D eigenvalue weighted by Gasteiger charge is -2.46. The molecule has 1 aliphatic carbocycles. The molecule has 1 saturated carbocycles. The first kappa shape index (κ1) is 47.2. The summed E-state index contributed by atoms with van der Waals surface area (Å²) in [7, 11) is 1.49. The van der Waals surface area contributed by atoms with E-state index in [0.717, 1.165) is 39.1 Å². The Kier molecular flexibility index (Phi) is 18.2. The number of ether oxygens (including phenoxy) is 2. The molecule has 1 aliphatic heterocycles. The predicted octanol–water partition coefficient (Wildman–Crippen LogP) is 4.51. The lowest BCUT2D eigenvalue weighted by Crippen LogP contribution is -2.49. The molecule has 1 saturated heterocycles. The van der Waals surface area contributed by atoms with Crippen molar-refractivity contribution in [3.63, 3.8) is 0 Å². The number of carbonyl (C=O) groups is 5. The predicted molar refractivity (Wildman–Crippen MR) is 223 cm³/mol. The van der Waals surface area contributed by atoms with Crippen LogP contribution in [0.15, 0.2) is 54.6 Å². The maximum atomic E-state index is 13.5. The maximum absolute atomic E-state index is 13.5. The van der Waals surface area contributed by atoms with E-state index >= 15 is 0 Å². The number of piperazine rings is 1. The Balaban J connectivity index is 1.29. The summed E-state index contributed by atoms with van der Waals surface area (Å²) >= 11 is 6.34. The molecule has 324 valence electrons. The molecule has 0 radical (unpaired) electrons. The van der Waals surface area contributed by atoms with Gasteiger partial charge in [0.2, 0.25) is 11.8 Å². The number of esters is 1. The number of carboxylic acids is 2. The monoisotopic (exact) mass is 840 g/mol. The Bertz CT molecular complexity index is 1760. The van der Waals surface area contributed by atoms with E-state index in [1.807, 2.05) is 18.7 Å². The van der Waals surface area contributed by atoms with Crippen LogP contribution in [0.25, 0.3) is 0 Å². The Morgan fingerprint density at radius 2 is 1.61 bits per heavy atom. The van der Waals surface area contributed by atoms with Crippen LogP contribution in [0.3, 0.4) is 0 Å².